The summed E-state index contributed by atoms with van der Waals surface area (Å²) in [6.45, 7) is 1.87. The van der Waals surface area contributed by atoms with Gasteiger partial charge in [0.25, 0.3) is 0 Å². The molecule has 3 aromatic rings. The predicted octanol–water partition coefficient (Wildman–Crippen LogP) is 5.48. The molecular formula is C16H11BrF2IN3O. The molecule has 0 fully saturated rings. The predicted molar refractivity (Wildman–Crippen MR) is 100 cm³/mol. The topological polar surface area (TPSA) is 60.9 Å². The van der Waals surface area contributed by atoms with Gasteiger partial charge in [-0.1, -0.05) is 0 Å². The summed E-state index contributed by atoms with van der Waals surface area (Å²) < 4.78 is 29.6. The Bertz CT molecular complexity index is 930. The van der Waals surface area contributed by atoms with Crippen LogP contribution in [0.3, 0.4) is 0 Å². The highest BCUT2D eigenvalue weighted by atomic mass is 127. The summed E-state index contributed by atoms with van der Waals surface area (Å²) in [4.78, 5) is 0. The second-order valence-electron chi connectivity index (χ2n) is 5.13. The van der Waals surface area contributed by atoms with Crippen molar-refractivity contribution >= 4 is 49.9 Å². The Morgan fingerprint density at radius 2 is 1.96 bits per heavy atom. The Labute approximate surface area is 158 Å². The zero-order valence-corrected chi connectivity index (χ0v) is 16.0. The van der Waals surface area contributed by atoms with Crippen molar-refractivity contribution in [1.82, 2.24) is 10.2 Å². The van der Waals surface area contributed by atoms with Gasteiger partial charge in [0, 0.05) is 20.9 Å². The van der Waals surface area contributed by atoms with E-state index in [2.05, 4.69) is 54.0 Å². The fourth-order valence-electron chi connectivity index (χ4n) is 2.28. The van der Waals surface area contributed by atoms with Crippen molar-refractivity contribution in [1.29, 1.82) is 0 Å². The largest absolute Gasteiger partial charge is 0.492 e. The summed E-state index contributed by atoms with van der Waals surface area (Å²) >= 11 is 5.18. The molecule has 0 aliphatic rings. The summed E-state index contributed by atoms with van der Waals surface area (Å²) in [6, 6.07) is 8.36. The first-order valence-electron chi connectivity index (χ1n) is 6.82. The summed E-state index contributed by atoms with van der Waals surface area (Å²) in [5, 5.41) is 18.6. The number of hydrogen-bond acceptors (Lipinski definition) is 3. The molecule has 3 N–H and O–H groups in total. The van der Waals surface area contributed by atoms with Gasteiger partial charge in [-0.25, -0.2) is 8.78 Å². The Hall–Kier alpha value is -1.68. The van der Waals surface area contributed by atoms with Crippen LogP contribution in [-0.4, -0.2) is 15.3 Å². The van der Waals surface area contributed by atoms with Gasteiger partial charge in [-0.15, -0.1) is 5.10 Å². The number of aromatic hydroxyl groups is 1. The average Bonchev–Trinajstić information content (AvgIpc) is 2.96. The van der Waals surface area contributed by atoms with E-state index in [4.69, 9.17) is 0 Å². The van der Waals surface area contributed by atoms with Gasteiger partial charge in [-0.3, -0.25) is 5.10 Å². The van der Waals surface area contributed by atoms with Crippen LogP contribution >= 0.6 is 38.5 Å². The molecule has 0 amide bonds. The molecule has 0 atom stereocenters. The average molecular weight is 506 g/mol. The molecule has 0 radical (unpaired) electrons. The number of nitrogens with one attached hydrogen (secondary N) is 2. The van der Waals surface area contributed by atoms with Gasteiger partial charge in [0.15, 0.2) is 11.6 Å². The summed E-state index contributed by atoms with van der Waals surface area (Å²) in [6.07, 6.45) is 0. The zero-order valence-electron chi connectivity index (χ0n) is 12.3. The molecule has 2 aromatic carbocycles. The fourth-order valence-corrected chi connectivity index (χ4v) is 3.33. The van der Waals surface area contributed by atoms with Gasteiger partial charge >= 0.3 is 0 Å². The molecule has 8 heteroatoms. The number of benzene rings is 2. The van der Waals surface area contributed by atoms with Crippen molar-refractivity contribution in [3.63, 3.8) is 0 Å². The van der Waals surface area contributed by atoms with E-state index in [-0.39, 0.29) is 16.0 Å². The van der Waals surface area contributed by atoms with Crippen LogP contribution in [-0.2, 0) is 0 Å². The fraction of sp³-hybridized carbons (Fsp3) is 0.0625. The lowest BCUT2D eigenvalue weighted by atomic mass is 10.1. The molecule has 0 aliphatic carbocycles. The number of aromatic amines is 1. The van der Waals surface area contributed by atoms with Crippen molar-refractivity contribution in [2.75, 3.05) is 5.32 Å². The molecule has 0 saturated carbocycles. The lowest BCUT2D eigenvalue weighted by Crippen LogP contribution is -2.02. The number of nitrogens with zero attached hydrogens (tertiary/aromatic N) is 1. The Morgan fingerprint density at radius 1 is 1.21 bits per heavy atom. The summed E-state index contributed by atoms with van der Waals surface area (Å²) in [5.41, 5.74) is 2.21. The maximum absolute atomic E-state index is 14.5. The minimum absolute atomic E-state index is 0.0195. The molecule has 0 spiro atoms. The molecule has 124 valence electrons. The van der Waals surface area contributed by atoms with E-state index < -0.39 is 11.6 Å². The standard InChI is InChI=1S/C16H11BrF2IN3O/c1-7-4-8(20)2-3-11(7)21-16-9(12-6-13(24)23-22-12)5-10(17)14(18)15(16)19/h2-6,21H,1H3,(H2,22,23,24). The molecule has 3 rings (SSSR count). The molecule has 4 nitrogen and oxygen atoms in total. The minimum atomic E-state index is -1.02. The molecule has 0 saturated heterocycles. The van der Waals surface area contributed by atoms with Crippen LogP contribution in [0.5, 0.6) is 5.88 Å². The number of aryl methyl sites for hydroxylation is 1. The molecule has 1 aromatic heterocycles. The number of anilines is 2. The van der Waals surface area contributed by atoms with Gasteiger partial charge in [0.1, 0.15) is 0 Å². The van der Waals surface area contributed by atoms with E-state index in [0.717, 1.165) is 9.13 Å². The molecular weight excluding hydrogens is 495 g/mol. The third kappa shape index (κ3) is 3.25. The third-order valence-electron chi connectivity index (χ3n) is 3.46. The van der Waals surface area contributed by atoms with E-state index in [9.17, 15) is 13.9 Å². The quantitative estimate of drug-likeness (QED) is 0.326. The molecule has 24 heavy (non-hydrogen) atoms. The van der Waals surface area contributed by atoms with E-state index >= 15 is 0 Å². The minimum Gasteiger partial charge on any atom is -0.492 e. The summed E-state index contributed by atoms with van der Waals surface area (Å²) in [7, 11) is 0. The van der Waals surface area contributed by atoms with Crippen LogP contribution in [0.4, 0.5) is 20.2 Å². The van der Waals surface area contributed by atoms with Crippen LogP contribution in [0, 0.1) is 22.1 Å². The van der Waals surface area contributed by atoms with Crippen molar-refractivity contribution in [2.45, 2.75) is 6.92 Å². The normalized spacial score (nSPS) is 10.9. The second-order valence-corrected chi connectivity index (χ2v) is 7.23. The number of halogens is 4. The number of hydrogen-bond donors (Lipinski definition) is 3. The lowest BCUT2D eigenvalue weighted by molar-refractivity contribution is 0.452. The van der Waals surface area contributed by atoms with E-state index in [1.807, 2.05) is 19.1 Å². The number of H-pyrrole nitrogens is 1. The maximum atomic E-state index is 14.5. The van der Waals surface area contributed by atoms with Gasteiger partial charge in [0.05, 0.1) is 15.9 Å². The van der Waals surface area contributed by atoms with Crippen LogP contribution in [0.1, 0.15) is 5.56 Å². The second kappa shape index (κ2) is 6.67. The first-order valence-corrected chi connectivity index (χ1v) is 8.69. The summed E-state index contributed by atoms with van der Waals surface area (Å²) in [5.74, 6) is -2.25. The van der Waals surface area contributed by atoms with E-state index in [1.54, 1.807) is 6.07 Å². The van der Waals surface area contributed by atoms with E-state index in [0.29, 0.717) is 16.9 Å². The monoisotopic (exact) mass is 505 g/mol. The molecule has 0 unspecified atom stereocenters. The van der Waals surface area contributed by atoms with Gasteiger partial charge in [-0.05, 0) is 75.3 Å². The van der Waals surface area contributed by atoms with Gasteiger partial charge < -0.3 is 10.4 Å². The van der Waals surface area contributed by atoms with Crippen molar-refractivity contribution in [2.24, 2.45) is 0 Å². The molecule has 1 heterocycles. The highest BCUT2D eigenvalue weighted by molar-refractivity contribution is 14.1. The Kier molecular flexibility index (Phi) is 4.77. The first-order chi connectivity index (χ1) is 11.4. The molecule has 0 bridgehead atoms. The first kappa shape index (κ1) is 17.2. The van der Waals surface area contributed by atoms with Crippen molar-refractivity contribution in [3.05, 3.63) is 55.6 Å². The van der Waals surface area contributed by atoms with Crippen molar-refractivity contribution < 1.29 is 13.9 Å². The third-order valence-corrected chi connectivity index (χ3v) is 4.71. The number of aromatic nitrogens is 2. The Morgan fingerprint density at radius 3 is 2.58 bits per heavy atom. The van der Waals surface area contributed by atoms with Crippen LogP contribution in [0.15, 0.2) is 34.8 Å². The van der Waals surface area contributed by atoms with Gasteiger partial charge in [-0.2, -0.15) is 0 Å². The van der Waals surface area contributed by atoms with Crippen LogP contribution in [0.2, 0.25) is 0 Å². The van der Waals surface area contributed by atoms with Crippen molar-refractivity contribution in [3.8, 4) is 17.1 Å². The van der Waals surface area contributed by atoms with Crippen LogP contribution in [0.25, 0.3) is 11.3 Å². The Balaban J connectivity index is 2.16. The zero-order chi connectivity index (χ0) is 17.4. The lowest BCUT2D eigenvalue weighted by Gasteiger charge is -2.15. The SMILES string of the molecule is Cc1cc(I)ccc1Nc1c(-c2cc(O)n[nH]2)cc(Br)c(F)c1F. The van der Waals surface area contributed by atoms with Gasteiger partial charge in [0.2, 0.25) is 5.88 Å². The highest BCUT2D eigenvalue weighted by Crippen LogP contribution is 2.38. The number of rotatable bonds is 3. The molecule has 0 aliphatic heterocycles. The van der Waals surface area contributed by atoms with E-state index in [1.165, 1.54) is 12.1 Å². The highest BCUT2D eigenvalue weighted by Gasteiger charge is 2.20. The van der Waals surface area contributed by atoms with Crippen LogP contribution < -0.4 is 5.32 Å². The smallest absolute Gasteiger partial charge is 0.230 e. The maximum Gasteiger partial charge on any atom is 0.230 e.